The summed E-state index contributed by atoms with van der Waals surface area (Å²) in [4.78, 5) is 24.9. The third-order valence-electron chi connectivity index (χ3n) is 4.24. The highest BCUT2D eigenvalue weighted by molar-refractivity contribution is 8.04. The van der Waals surface area contributed by atoms with Gasteiger partial charge in [-0.25, -0.2) is 0 Å². The molecular weight excluding hydrogens is 476 g/mol. The van der Waals surface area contributed by atoms with Gasteiger partial charge in [0.05, 0.1) is 33.8 Å². The minimum absolute atomic E-state index is 0.190. The van der Waals surface area contributed by atoms with Crippen molar-refractivity contribution in [1.29, 1.82) is 10.5 Å². The maximum atomic E-state index is 12.4. The zero-order valence-electron chi connectivity index (χ0n) is 17.6. The van der Waals surface area contributed by atoms with E-state index in [1.54, 1.807) is 62.4 Å². The highest BCUT2D eigenvalue weighted by atomic mass is 32.2. The minimum atomic E-state index is -0.413. The van der Waals surface area contributed by atoms with E-state index < -0.39 is 10.5 Å². The number of anilines is 2. The topological polar surface area (TPSA) is 132 Å². The molecule has 11 heteroatoms. The van der Waals surface area contributed by atoms with Crippen LogP contribution in [0.25, 0.3) is 0 Å². The number of hydrogen-bond acceptors (Lipinski definition) is 9. The summed E-state index contributed by atoms with van der Waals surface area (Å²) in [6, 6.07) is 17.3. The van der Waals surface area contributed by atoms with Gasteiger partial charge in [-0.05, 0) is 62.4 Å². The number of carbonyl (C=O) groups is 2. The molecule has 0 saturated heterocycles. The highest BCUT2D eigenvalue weighted by Crippen LogP contribution is 2.33. The van der Waals surface area contributed by atoms with Gasteiger partial charge >= 0.3 is 0 Å². The molecule has 2 unspecified atom stereocenters. The maximum absolute atomic E-state index is 12.4. The molecule has 33 heavy (non-hydrogen) atoms. The van der Waals surface area contributed by atoms with Crippen molar-refractivity contribution in [3.05, 3.63) is 59.7 Å². The first kappa shape index (κ1) is 24.3. The molecule has 1 aromatic heterocycles. The summed E-state index contributed by atoms with van der Waals surface area (Å²) in [5, 5.41) is 30.7. The minimum Gasteiger partial charge on any atom is -0.325 e. The summed E-state index contributed by atoms with van der Waals surface area (Å²) in [5.41, 5.74) is 2.27. The molecule has 3 rings (SSSR count). The first-order valence-electron chi connectivity index (χ1n) is 9.67. The molecule has 2 amide bonds. The van der Waals surface area contributed by atoms with Crippen LogP contribution in [0.2, 0.25) is 0 Å². The van der Waals surface area contributed by atoms with E-state index >= 15 is 0 Å². The number of aromatic nitrogens is 2. The summed E-state index contributed by atoms with van der Waals surface area (Å²) < 4.78 is 1.25. The van der Waals surface area contributed by atoms with Crippen molar-refractivity contribution < 1.29 is 9.59 Å². The monoisotopic (exact) mass is 494 g/mol. The average molecular weight is 495 g/mol. The van der Waals surface area contributed by atoms with E-state index in [-0.39, 0.29) is 11.8 Å². The van der Waals surface area contributed by atoms with Crippen LogP contribution < -0.4 is 10.6 Å². The number of nitriles is 2. The second-order valence-corrected chi connectivity index (χ2v) is 10.9. The lowest BCUT2D eigenvalue weighted by Crippen LogP contribution is -2.22. The Morgan fingerprint density at radius 1 is 0.788 bits per heavy atom. The van der Waals surface area contributed by atoms with Gasteiger partial charge in [-0.15, -0.1) is 10.2 Å². The zero-order chi connectivity index (χ0) is 23.8. The molecule has 0 saturated carbocycles. The predicted molar refractivity (Wildman–Crippen MR) is 130 cm³/mol. The lowest BCUT2D eigenvalue weighted by Gasteiger charge is -2.10. The van der Waals surface area contributed by atoms with E-state index in [2.05, 4.69) is 20.8 Å². The lowest BCUT2D eigenvalue weighted by molar-refractivity contribution is -0.116. The Kier molecular flexibility index (Phi) is 8.44. The van der Waals surface area contributed by atoms with E-state index in [0.717, 1.165) is 0 Å². The molecule has 2 aromatic carbocycles. The molecule has 166 valence electrons. The average Bonchev–Trinajstić information content (AvgIpc) is 3.26. The standard InChI is InChI=1S/C22H18N6O2S3/c1-13(19(29)25-17-7-3-15(11-23)4-8-17)31-21-27-28-22(33-21)32-14(2)20(30)26-18-9-5-16(12-24)6-10-18/h3-10,13-14H,1-2H3,(H,25,29)(H,26,30). The van der Waals surface area contributed by atoms with Crippen LogP contribution in [0.3, 0.4) is 0 Å². The first-order chi connectivity index (χ1) is 15.9. The maximum Gasteiger partial charge on any atom is 0.237 e. The van der Waals surface area contributed by atoms with Crippen LogP contribution in [0, 0.1) is 22.7 Å². The van der Waals surface area contributed by atoms with E-state index in [0.29, 0.717) is 31.2 Å². The Bertz CT molecular complexity index is 1120. The molecular formula is C22H18N6O2S3. The Hall–Kier alpha value is -3.38. The zero-order valence-corrected chi connectivity index (χ0v) is 20.1. The van der Waals surface area contributed by atoms with Crippen LogP contribution in [0.5, 0.6) is 0 Å². The van der Waals surface area contributed by atoms with Gasteiger partial charge in [-0.1, -0.05) is 34.9 Å². The molecule has 0 bridgehead atoms. The number of hydrogen-bond donors (Lipinski definition) is 2. The van der Waals surface area contributed by atoms with Crippen LogP contribution >= 0.6 is 34.9 Å². The van der Waals surface area contributed by atoms with Crippen molar-refractivity contribution in [2.75, 3.05) is 10.6 Å². The number of benzene rings is 2. The Morgan fingerprint density at radius 2 is 1.15 bits per heavy atom. The third kappa shape index (κ3) is 7.05. The van der Waals surface area contributed by atoms with E-state index in [1.807, 2.05) is 12.1 Å². The second kappa shape index (κ2) is 11.5. The molecule has 0 radical (unpaired) electrons. The van der Waals surface area contributed by atoms with Crippen molar-refractivity contribution in [3.8, 4) is 12.1 Å². The van der Waals surface area contributed by atoms with Crippen molar-refractivity contribution in [1.82, 2.24) is 10.2 Å². The number of nitrogens with zero attached hydrogens (tertiary/aromatic N) is 4. The van der Waals surface area contributed by atoms with Gasteiger partial charge in [0.25, 0.3) is 0 Å². The van der Waals surface area contributed by atoms with Crippen molar-refractivity contribution in [2.24, 2.45) is 0 Å². The molecule has 0 fully saturated rings. The lowest BCUT2D eigenvalue weighted by atomic mass is 10.2. The molecule has 0 aliphatic heterocycles. The van der Waals surface area contributed by atoms with Crippen LogP contribution in [0.15, 0.2) is 57.2 Å². The largest absolute Gasteiger partial charge is 0.325 e. The fraction of sp³-hybridized carbons (Fsp3) is 0.182. The first-order valence-corrected chi connectivity index (χ1v) is 12.2. The molecule has 2 N–H and O–H groups in total. The van der Waals surface area contributed by atoms with Crippen LogP contribution in [-0.4, -0.2) is 32.5 Å². The molecule has 0 spiro atoms. The van der Waals surface area contributed by atoms with E-state index in [1.165, 1.54) is 34.9 Å². The van der Waals surface area contributed by atoms with Gasteiger partial charge < -0.3 is 10.6 Å². The molecule has 1 heterocycles. The van der Waals surface area contributed by atoms with Crippen molar-refractivity contribution >= 4 is 58.0 Å². The summed E-state index contributed by atoms with van der Waals surface area (Å²) in [6.07, 6.45) is 0. The second-order valence-electron chi connectivity index (χ2n) is 6.71. The van der Waals surface area contributed by atoms with Crippen molar-refractivity contribution in [3.63, 3.8) is 0 Å². The molecule has 0 aliphatic carbocycles. The summed E-state index contributed by atoms with van der Waals surface area (Å²) in [5.74, 6) is -0.381. The van der Waals surface area contributed by atoms with Crippen LogP contribution in [0.4, 0.5) is 11.4 Å². The highest BCUT2D eigenvalue weighted by Gasteiger charge is 2.20. The van der Waals surface area contributed by atoms with E-state index in [9.17, 15) is 9.59 Å². The van der Waals surface area contributed by atoms with Gasteiger partial charge in [0.1, 0.15) is 0 Å². The SMILES string of the molecule is CC(Sc1nnc(SC(C)C(=O)Nc2ccc(C#N)cc2)s1)C(=O)Nc1ccc(C#N)cc1. The summed E-state index contributed by atoms with van der Waals surface area (Å²) in [6.45, 7) is 3.54. The van der Waals surface area contributed by atoms with Crippen molar-refractivity contribution in [2.45, 2.75) is 33.0 Å². The van der Waals surface area contributed by atoms with Crippen LogP contribution in [0.1, 0.15) is 25.0 Å². The number of thioether (sulfide) groups is 2. The fourth-order valence-corrected chi connectivity index (χ4v) is 5.75. The van der Waals surface area contributed by atoms with Crippen LogP contribution in [-0.2, 0) is 9.59 Å². The van der Waals surface area contributed by atoms with Gasteiger partial charge in [0.15, 0.2) is 8.68 Å². The summed E-state index contributed by atoms with van der Waals surface area (Å²) in [7, 11) is 0. The van der Waals surface area contributed by atoms with Gasteiger partial charge in [0.2, 0.25) is 11.8 Å². The molecule has 8 nitrogen and oxygen atoms in total. The third-order valence-corrected chi connectivity index (χ3v) is 7.54. The predicted octanol–water partition coefficient (Wildman–Crippen LogP) is 4.52. The quantitative estimate of drug-likeness (QED) is 0.437. The fourth-order valence-electron chi connectivity index (χ4n) is 2.45. The number of carbonyl (C=O) groups excluding carboxylic acids is 2. The Balaban J connectivity index is 1.50. The Morgan fingerprint density at radius 3 is 1.48 bits per heavy atom. The van der Waals surface area contributed by atoms with Gasteiger partial charge in [0, 0.05) is 11.4 Å². The molecule has 0 aliphatic rings. The normalized spacial score (nSPS) is 12.1. The number of rotatable bonds is 8. The van der Waals surface area contributed by atoms with Gasteiger partial charge in [-0.3, -0.25) is 9.59 Å². The van der Waals surface area contributed by atoms with Gasteiger partial charge in [-0.2, -0.15) is 10.5 Å². The Labute approximate surface area is 203 Å². The number of amides is 2. The smallest absolute Gasteiger partial charge is 0.237 e. The van der Waals surface area contributed by atoms with E-state index in [4.69, 9.17) is 10.5 Å². The molecule has 3 aromatic rings. The summed E-state index contributed by atoms with van der Waals surface area (Å²) >= 11 is 3.88. The number of nitrogens with one attached hydrogen (secondary N) is 2. The molecule has 2 atom stereocenters.